The van der Waals surface area contributed by atoms with Gasteiger partial charge in [0.15, 0.2) is 0 Å². The number of para-hydroxylation sites is 1. The Morgan fingerprint density at radius 3 is 2.65 bits per heavy atom. The summed E-state index contributed by atoms with van der Waals surface area (Å²) in [7, 11) is 0. The molecule has 8 heteroatoms. The van der Waals surface area contributed by atoms with Crippen LogP contribution in [0.1, 0.15) is 30.1 Å². The number of nitrogens with zero attached hydrogens (tertiary/aromatic N) is 5. The normalized spacial score (nSPS) is 13.3. The van der Waals surface area contributed by atoms with E-state index in [-0.39, 0.29) is 11.3 Å². The van der Waals surface area contributed by atoms with Gasteiger partial charge in [-0.15, -0.1) is 5.10 Å². The summed E-state index contributed by atoms with van der Waals surface area (Å²) in [6.45, 7) is 0. The first-order valence-corrected chi connectivity index (χ1v) is 8.86. The van der Waals surface area contributed by atoms with Crippen molar-refractivity contribution in [3.05, 3.63) is 70.0 Å². The Morgan fingerprint density at radius 2 is 2.00 bits per heavy atom. The number of aromatic nitrogens is 3. The molecule has 0 spiro atoms. The number of nitriles is 1. The third-order valence-corrected chi connectivity index (χ3v) is 4.98. The summed E-state index contributed by atoms with van der Waals surface area (Å²) < 4.78 is 1.84. The molecule has 3 aromatic rings. The van der Waals surface area contributed by atoms with E-state index in [1.54, 1.807) is 6.07 Å². The molecule has 4 rings (SSSR count). The smallest absolute Gasteiger partial charge is 0.258 e. The van der Waals surface area contributed by atoms with Crippen molar-refractivity contribution in [3.63, 3.8) is 0 Å². The van der Waals surface area contributed by atoms with Crippen molar-refractivity contribution in [2.75, 3.05) is 0 Å². The first kappa shape index (κ1) is 16.3. The number of nitro benzene ring substituents is 1. The van der Waals surface area contributed by atoms with Crippen molar-refractivity contribution in [1.29, 1.82) is 5.26 Å². The number of hydrogen-bond acceptors (Lipinski definition) is 6. The zero-order chi connectivity index (χ0) is 18.1. The van der Waals surface area contributed by atoms with Gasteiger partial charge in [0.05, 0.1) is 16.2 Å². The van der Waals surface area contributed by atoms with Crippen LogP contribution in [-0.2, 0) is 0 Å². The van der Waals surface area contributed by atoms with E-state index >= 15 is 0 Å². The quantitative estimate of drug-likeness (QED) is 0.500. The molecule has 128 valence electrons. The molecule has 1 heterocycles. The number of rotatable bonds is 5. The van der Waals surface area contributed by atoms with Crippen molar-refractivity contribution >= 4 is 17.4 Å². The van der Waals surface area contributed by atoms with Crippen LogP contribution in [0.5, 0.6) is 0 Å². The fourth-order valence-corrected chi connectivity index (χ4v) is 3.43. The van der Waals surface area contributed by atoms with E-state index in [1.165, 1.54) is 23.9 Å². The lowest BCUT2D eigenvalue weighted by molar-refractivity contribution is -0.384. The molecule has 0 unspecified atom stereocenters. The Balaban J connectivity index is 1.70. The van der Waals surface area contributed by atoms with Crippen LogP contribution in [0.2, 0.25) is 0 Å². The summed E-state index contributed by atoms with van der Waals surface area (Å²) >= 11 is 1.25. The molecule has 1 aliphatic carbocycles. The highest BCUT2D eigenvalue weighted by Gasteiger charge is 2.30. The summed E-state index contributed by atoms with van der Waals surface area (Å²) in [5, 5.41) is 25.3. The third-order valence-electron chi connectivity index (χ3n) is 4.05. The van der Waals surface area contributed by atoms with Crippen molar-refractivity contribution in [1.82, 2.24) is 14.8 Å². The van der Waals surface area contributed by atoms with Gasteiger partial charge < -0.3 is 0 Å². The lowest BCUT2D eigenvalue weighted by atomic mass is 10.2. The second kappa shape index (κ2) is 6.61. The Kier molecular flexibility index (Phi) is 4.14. The maximum absolute atomic E-state index is 10.9. The van der Waals surface area contributed by atoms with Crippen molar-refractivity contribution in [3.8, 4) is 11.8 Å². The molecular weight excluding hydrogens is 350 g/mol. The number of benzene rings is 2. The van der Waals surface area contributed by atoms with Gasteiger partial charge in [-0.05, 0) is 42.8 Å². The molecule has 7 nitrogen and oxygen atoms in total. The molecule has 0 atom stereocenters. The van der Waals surface area contributed by atoms with Gasteiger partial charge in [0.25, 0.3) is 5.69 Å². The summed E-state index contributed by atoms with van der Waals surface area (Å²) in [5.74, 6) is 1.32. The van der Waals surface area contributed by atoms with Gasteiger partial charge in [-0.1, -0.05) is 18.2 Å². The summed E-state index contributed by atoms with van der Waals surface area (Å²) in [6.07, 6.45) is 2.19. The average Bonchev–Trinajstić information content (AvgIpc) is 3.43. The standard InChI is InChI=1S/C18H13N5O2S/c19-11-13-10-15(23(24)25)8-9-16(13)26-18-20-17(12-6-7-12)22(21-18)14-4-2-1-3-5-14/h1-5,8-10,12H,6-7H2. The van der Waals surface area contributed by atoms with Crippen LogP contribution in [0.15, 0.2) is 58.6 Å². The molecule has 0 amide bonds. The second-order valence-corrected chi connectivity index (χ2v) is 6.93. The first-order chi connectivity index (χ1) is 12.7. The average molecular weight is 363 g/mol. The minimum Gasteiger partial charge on any atom is -0.258 e. The summed E-state index contributed by atoms with van der Waals surface area (Å²) in [5.41, 5.74) is 1.08. The molecule has 0 bridgehead atoms. The third kappa shape index (κ3) is 3.17. The van der Waals surface area contributed by atoms with Crippen LogP contribution in [0.3, 0.4) is 0 Å². The van der Waals surface area contributed by atoms with Gasteiger partial charge in [0.1, 0.15) is 11.9 Å². The minimum atomic E-state index is -0.511. The van der Waals surface area contributed by atoms with E-state index in [0.29, 0.717) is 16.0 Å². The van der Waals surface area contributed by atoms with Crippen molar-refractivity contribution in [2.45, 2.75) is 28.8 Å². The van der Waals surface area contributed by atoms with Gasteiger partial charge in [-0.2, -0.15) is 5.26 Å². The highest BCUT2D eigenvalue weighted by atomic mass is 32.2. The number of nitro groups is 1. The highest BCUT2D eigenvalue weighted by molar-refractivity contribution is 7.99. The lowest BCUT2D eigenvalue weighted by Gasteiger charge is -2.03. The van der Waals surface area contributed by atoms with Gasteiger partial charge in [-0.25, -0.2) is 9.67 Å². The largest absolute Gasteiger partial charge is 0.270 e. The maximum Gasteiger partial charge on any atom is 0.270 e. The molecule has 1 fully saturated rings. The SMILES string of the molecule is N#Cc1cc([N+](=O)[O-])ccc1Sc1nc(C2CC2)n(-c2ccccc2)n1. The fourth-order valence-electron chi connectivity index (χ4n) is 2.62. The number of hydrogen-bond donors (Lipinski definition) is 0. The monoisotopic (exact) mass is 363 g/mol. The fraction of sp³-hybridized carbons (Fsp3) is 0.167. The van der Waals surface area contributed by atoms with E-state index < -0.39 is 4.92 Å². The van der Waals surface area contributed by atoms with Crippen LogP contribution in [0, 0.1) is 21.4 Å². The van der Waals surface area contributed by atoms with Gasteiger partial charge in [0.2, 0.25) is 5.16 Å². The van der Waals surface area contributed by atoms with Crippen LogP contribution >= 0.6 is 11.8 Å². The predicted octanol–water partition coefficient (Wildman–Crippen LogP) is 4.08. The molecule has 1 aliphatic rings. The summed E-state index contributed by atoms with van der Waals surface area (Å²) in [4.78, 5) is 15.6. The Hall–Kier alpha value is -3.18. The molecule has 0 aliphatic heterocycles. The molecule has 0 N–H and O–H groups in total. The molecule has 2 aromatic carbocycles. The molecule has 1 saturated carbocycles. The van der Waals surface area contributed by atoms with Crippen LogP contribution in [0.25, 0.3) is 5.69 Å². The first-order valence-electron chi connectivity index (χ1n) is 8.04. The van der Waals surface area contributed by atoms with E-state index in [4.69, 9.17) is 0 Å². The van der Waals surface area contributed by atoms with Crippen LogP contribution in [-0.4, -0.2) is 19.7 Å². The molecule has 1 aromatic heterocycles. The molecule has 0 radical (unpaired) electrons. The van der Waals surface area contributed by atoms with Crippen LogP contribution < -0.4 is 0 Å². The second-order valence-electron chi connectivity index (χ2n) is 5.93. The predicted molar refractivity (Wildman–Crippen MR) is 95.3 cm³/mol. The lowest BCUT2D eigenvalue weighted by Crippen LogP contribution is -2.01. The van der Waals surface area contributed by atoms with Crippen LogP contribution in [0.4, 0.5) is 5.69 Å². The van der Waals surface area contributed by atoms with E-state index in [0.717, 1.165) is 24.4 Å². The maximum atomic E-state index is 10.9. The minimum absolute atomic E-state index is 0.104. The van der Waals surface area contributed by atoms with E-state index in [2.05, 4.69) is 10.1 Å². The Bertz CT molecular complexity index is 1020. The Morgan fingerprint density at radius 1 is 1.23 bits per heavy atom. The molecule has 0 saturated heterocycles. The van der Waals surface area contributed by atoms with Gasteiger partial charge in [-0.3, -0.25) is 10.1 Å². The van der Waals surface area contributed by atoms with Crippen molar-refractivity contribution < 1.29 is 4.92 Å². The number of non-ortho nitro benzene ring substituents is 1. The van der Waals surface area contributed by atoms with Crippen molar-refractivity contribution in [2.24, 2.45) is 0 Å². The van der Waals surface area contributed by atoms with E-state index in [1.807, 2.05) is 41.1 Å². The molecule has 26 heavy (non-hydrogen) atoms. The van der Waals surface area contributed by atoms with Gasteiger partial charge >= 0.3 is 0 Å². The van der Waals surface area contributed by atoms with Gasteiger partial charge in [0, 0.05) is 22.9 Å². The molecular formula is C18H13N5O2S. The Labute approximate surface area is 153 Å². The summed E-state index contributed by atoms with van der Waals surface area (Å²) in [6, 6.07) is 16.0. The zero-order valence-corrected chi connectivity index (χ0v) is 14.4. The topological polar surface area (TPSA) is 97.6 Å². The van der Waals surface area contributed by atoms with E-state index in [9.17, 15) is 15.4 Å². The highest BCUT2D eigenvalue weighted by Crippen LogP contribution is 2.41. The zero-order valence-electron chi connectivity index (χ0n) is 13.6.